The number of aliphatic hydroxyl groups is 1. The van der Waals surface area contributed by atoms with Crippen molar-refractivity contribution in [3.05, 3.63) is 29.3 Å². The average molecular weight is 277 g/mol. The first-order valence-electron chi connectivity index (χ1n) is 6.93. The van der Waals surface area contributed by atoms with Crippen LogP contribution in [0.1, 0.15) is 24.5 Å². The highest BCUT2D eigenvalue weighted by Crippen LogP contribution is 2.24. The summed E-state index contributed by atoms with van der Waals surface area (Å²) in [6.07, 6.45) is 0.788. The van der Waals surface area contributed by atoms with Gasteiger partial charge in [0.05, 0.1) is 18.8 Å². The number of nitrogen functional groups attached to an aromatic ring is 1. The summed E-state index contributed by atoms with van der Waals surface area (Å²) in [6.45, 7) is 4.58. The van der Waals surface area contributed by atoms with Crippen molar-refractivity contribution in [3.63, 3.8) is 0 Å². The SMILES string of the molecule is COc1ccc(CN2CCC(C(C)O)C2)cc1C(=N)N. The Labute approximate surface area is 119 Å². The summed E-state index contributed by atoms with van der Waals surface area (Å²) in [5.41, 5.74) is 7.33. The van der Waals surface area contributed by atoms with Crippen molar-refractivity contribution < 1.29 is 9.84 Å². The van der Waals surface area contributed by atoms with Crippen molar-refractivity contribution in [2.45, 2.75) is 26.0 Å². The van der Waals surface area contributed by atoms with Crippen molar-refractivity contribution in [1.82, 2.24) is 4.90 Å². The van der Waals surface area contributed by atoms with E-state index in [1.165, 1.54) is 0 Å². The molecule has 1 saturated heterocycles. The van der Waals surface area contributed by atoms with Crippen LogP contribution in [0.15, 0.2) is 18.2 Å². The van der Waals surface area contributed by atoms with Gasteiger partial charge in [0.2, 0.25) is 0 Å². The molecule has 2 rings (SSSR count). The van der Waals surface area contributed by atoms with E-state index in [0.29, 0.717) is 17.2 Å². The second kappa shape index (κ2) is 6.24. The summed E-state index contributed by atoms with van der Waals surface area (Å²) in [7, 11) is 1.58. The molecule has 2 unspecified atom stereocenters. The molecule has 0 saturated carbocycles. The highest BCUT2D eigenvalue weighted by Gasteiger charge is 2.25. The van der Waals surface area contributed by atoms with Crippen LogP contribution < -0.4 is 10.5 Å². The van der Waals surface area contributed by atoms with Crippen molar-refractivity contribution >= 4 is 5.84 Å². The minimum atomic E-state index is -0.247. The number of aliphatic hydroxyl groups excluding tert-OH is 1. The Morgan fingerprint density at radius 3 is 2.90 bits per heavy atom. The highest BCUT2D eigenvalue weighted by molar-refractivity contribution is 5.97. The third-order valence-electron chi connectivity index (χ3n) is 3.95. The highest BCUT2D eigenvalue weighted by atomic mass is 16.5. The van der Waals surface area contributed by atoms with Crippen molar-refractivity contribution in [2.24, 2.45) is 11.7 Å². The van der Waals surface area contributed by atoms with Crippen LogP contribution in [0, 0.1) is 11.3 Å². The van der Waals surface area contributed by atoms with E-state index in [0.717, 1.165) is 31.6 Å². The zero-order valence-electron chi connectivity index (χ0n) is 12.1. The van der Waals surface area contributed by atoms with Crippen LogP contribution in [0.4, 0.5) is 0 Å². The van der Waals surface area contributed by atoms with Gasteiger partial charge < -0.3 is 15.6 Å². The summed E-state index contributed by atoms with van der Waals surface area (Å²) in [5, 5.41) is 17.2. The van der Waals surface area contributed by atoms with E-state index < -0.39 is 0 Å². The smallest absolute Gasteiger partial charge is 0.129 e. The van der Waals surface area contributed by atoms with Gasteiger partial charge in [0.1, 0.15) is 11.6 Å². The Hall–Kier alpha value is -1.59. The molecule has 110 valence electrons. The number of methoxy groups -OCH3 is 1. The van der Waals surface area contributed by atoms with Gasteiger partial charge in [-0.1, -0.05) is 6.07 Å². The quantitative estimate of drug-likeness (QED) is 0.557. The minimum Gasteiger partial charge on any atom is -0.496 e. The number of likely N-dealkylation sites (tertiary alicyclic amines) is 1. The number of rotatable bonds is 5. The maximum Gasteiger partial charge on any atom is 0.129 e. The lowest BCUT2D eigenvalue weighted by atomic mass is 10.0. The van der Waals surface area contributed by atoms with Crippen LogP contribution >= 0.6 is 0 Å². The van der Waals surface area contributed by atoms with Gasteiger partial charge in [-0.15, -0.1) is 0 Å². The number of hydrogen-bond acceptors (Lipinski definition) is 4. The Morgan fingerprint density at radius 1 is 1.60 bits per heavy atom. The molecule has 1 heterocycles. The van der Waals surface area contributed by atoms with Gasteiger partial charge >= 0.3 is 0 Å². The summed E-state index contributed by atoms with van der Waals surface area (Å²) in [4.78, 5) is 2.32. The van der Waals surface area contributed by atoms with E-state index >= 15 is 0 Å². The lowest BCUT2D eigenvalue weighted by molar-refractivity contribution is 0.127. The van der Waals surface area contributed by atoms with Crippen molar-refractivity contribution in [3.8, 4) is 5.75 Å². The molecule has 5 nitrogen and oxygen atoms in total. The summed E-state index contributed by atoms with van der Waals surface area (Å²) < 4.78 is 5.21. The van der Waals surface area contributed by atoms with Crippen LogP contribution in [0.2, 0.25) is 0 Å². The second-order valence-corrected chi connectivity index (χ2v) is 5.47. The average Bonchev–Trinajstić information content (AvgIpc) is 2.87. The number of benzene rings is 1. The van der Waals surface area contributed by atoms with Crippen LogP contribution in [0.25, 0.3) is 0 Å². The molecule has 4 N–H and O–H groups in total. The predicted molar refractivity (Wildman–Crippen MR) is 79.1 cm³/mol. The second-order valence-electron chi connectivity index (χ2n) is 5.47. The van der Waals surface area contributed by atoms with Crippen LogP contribution in [0.5, 0.6) is 5.75 Å². The first-order valence-corrected chi connectivity index (χ1v) is 6.93. The van der Waals surface area contributed by atoms with E-state index in [1.54, 1.807) is 7.11 Å². The van der Waals surface area contributed by atoms with Crippen LogP contribution in [-0.4, -0.2) is 42.1 Å². The number of nitrogens with one attached hydrogen (secondary N) is 1. The van der Waals surface area contributed by atoms with Gasteiger partial charge in [-0.05, 0) is 43.5 Å². The van der Waals surface area contributed by atoms with Gasteiger partial charge in [0.25, 0.3) is 0 Å². The molecular weight excluding hydrogens is 254 g/mol. The molecule has 1 aromatic carbocycles. The Morgan fingerprint density at radius 2 is 2.35 bits per heavy atom. The molecule has 20 heavy (non-hydrogen) atoms. The molecule has 1 fully saturated rings. The molecule has 0 spiro atoms. The third kappa shape index (κ3) is 3.29. The standard InChI is InChI=1S/C15H23N3O2/c1-10(19)12-5-6-18(9-12)8-11-3-4-14(20-2)13(7-11)15(16)17/h3-4,7,10,12,19H,5-6,8-9H2,1-2H3,(H3,16,17). The van der Waals surface area contributed by atoms with Gasteiger partial charge in [-0.2, -0.15) is 0 Å². The topological polar surface area (TPSA) is 82.6 Å². The van der Waals surface area contributed by atoms with Gasteiger partial charge in [-0.25, -0.2) is 0 Å². The molecule has 1 aliphatic heterocycles. The molecule has 0 amide bonds. The van der Waals surface area contributed by atoms with Crippen LogP contribution in [-0.2, 0) is 6.54 Å². The minimum absolute atomic E-state index is 0.0204. The molecular formula is C15H23N3O2. The van der Waals surface area contributed by atoms with Gasteiger partial charge in [0.15, 0.2) is 0 Å². The molecule has 5 heteroatoms. The largest absolute Gasteiger partial charge is 0.496 e. The normalized spacial score (nSPS) is 20.9. The zero-order valence-corrected chi connectivity index (χ0v) is 12.1. The summed E-state index contributed by atoms with van der Waals surface area (Å²) >= 11 is 0. The fraction of sp³-hybridized carbons (Fsp3) is 0.533. The van der Waals surface area contributed by atoms with Crippen LogP contribution in [0.3, 0.4) is 0 Å². The van der Waals surface area contributed by atoms with Crippen molar-refractivity contribution in [2.75, 3.05) is 20.2 Å². The molecule has 2 atom stereocenters. The Balaban J connectivity index is 2.07. The van der Waals surface area contributed by atoms with E-state index in [9.17, 15) is 5.11 Å². The number of nitrogens with zero attached hydrogens (tertiary/aromatic N) is 1. The molecule has 0 radical (unpaired) electrons. The first-order chi connectivity index (χ1) is 9.51. The van der Waals surface area contributed by atoms with E-state index in [-0.39, 0.29) is 11.9 Å². The first kappa shape index (κ1) is 14.8. The molecule has 1 aromatic rings. The maximum atomic E-state index is 9.63. The monoisotopic (exact) mass is 277 g/mol. The Bertz CT molecular complexity index is 488. The van der Waals surface area contributed by atoms with E-state index in [2.05, 4.69) is 4.90 Å². The molecule has 0 aromatic heterocycles. The number of amidine groups is 1. The third-order valence-corrected chi connectivity index (χ3v) is 3.95. The number of ether oxygens (including phenoxy) is 1. The Kier molecular flexibility index (Phi) is 4.62. The maximum absolute atomic E-state index is 9.63. The lowest BCUT2D eigenvalue weighted by Gasteiger charge is -2.18. The van der Waals surface area contributed by atoms with Crippen molar-refractivity contribution in [1.29, 1.82) is 5.41 Å². The van der Waals surface area contributed by atoms with E-state index in [1.807, 2.05) is 25.1 Å². The predicted octanol–water partition coefficient (Wildman–Crippen LogP) is 1.18. The molecule has 0 aliphatic carbocycles. The fourth-order valence-corrected chi connectivity index (χ4v) is 2.72. The lowest BCUT2D eigenvalue weighted by Crippen LogP contribution is -2.24. The van der Waals surface area contributed by atoms with E-state index in [4.69, 9.17) is 15.9 Å². The number of nitrogens with two attached hydrogens (primary N) is 1. The summed E-state index contributed by atoms with van der Waals surface area (Å²) in [6, 6.07) is 5.77. The number of hydrogen-bond donors (Lipinski definition) is 3. The summed E-state index contributed by atoms with van der Waals surface area (Å²) in [5.74, 6) is 1.01. The molecule has 1 aliphatic rings. The zero-order chi connectivity index (χ0) is 14.7. The molecule has 0 bridgehead atoms. The van der Waals surface area contributed by atoms with Gasteiger partial charge in [-0.3, -0.25) is 10.3 Å². The fourth-order valence-electron chi connectivity index (χ4n) is 2.72. The van der Waals surface area contributed by atoms with Gasteiger partial charge in [0, 0.05) is 13.1 Å².